The fourth-order valence-corrected chi connectivity index (χ4v) is 3.05. The molecule has 2 rings (SSSR count). The van der Waals surface area contributed by atoms with Gasteiger partial charge in [-0.3, -0.25) is 4.79 Å². The molecule has 4 nitrogen and oxygen atoms in total. The third-order valence-corrected chi connectivity index (χ3v) is 3.96. The lowest BCUT2D eigenvalue weighted by Gasteiger charge is -2.38. The van der Waals surface area contributed by atoms with Crippen molar-refractivity contribution in [3.8, 4) is 0 Å². The summed E-state index contributed by atoms with van der Waals surface area (Å²) in [7, 11) is 0. The smallest absolute Gasteiger partial charge is 0.229 e. The van der Waals surface area contributed by atoms with E-state index in [1.54, 1.807) is 6.92 Å². The van der Waals surface area contributed by atoms with E-state index in [4.69, 9.17) is 5.73 Å². The van der Waals surface area contributed by atoms with E-state index in [0.717, 1.165) is 32.2 Å². The van der Waals surface area contributed by atoms with E-state index >= 15 is 0 Å². The van der Waals surface area contributed by atoms with Gasteiger partial charge in [0.2, 0.25) is 5.91 Å². The lowest BCUT2D eigenvalue weighted by atomic mass is 9.95. The second-order valence-electron chi connectivity index (χ2n) is 5.66. The van der Waals surface area contributed by atoms with Crippen molar-refractivity contribution in [2.45, 2.75) is 57.2 Å². The summed E-state index contributed by atoms with van der Waals surface area (Å²) in [6, 6.07) is 0.232. The van der Waals surface area contributed by atoms with Crippen molar-refractivity contribution in [1.29, 1.82) is 0 Å². The van der Waals surface area contributed by atoms with E-state index < -0.39 is 0 Å². The van der Waals surface area contributed by atoms with Crippen LogP contribution in [0.4, 0.5) is 0 Å². The Labute approximate surface area is 109 Å². The predicted octanol–water partition coefficient (Wildman–Crippen LogP) is 1.04. The zero-order valence-electron chi connectivity index (χ0n) is 11.1. The molecule has 1 aliphatic heterocycles. The third kappa shape index (κ3) is 3.12. The molecule has 0 aromatic rings. The van der Waals surface area contributed by atoms with Gasteiger partial charge in [-0.25, -0.2) is 0 Å². The highest BCUT2D eigenvalue weighted by Gasteiger charge is 2.33. The SMILES string of the molecule is CC(O)CC1CCCCN1C(=O)C1C=CC(N)C1. The zero-order valence-corrected chi connectivity index (χ0v) is 11.1. The number of carbonyl (C=O) groups is 1. The number of aliphatic hydroxyl groups excluding tert-OH is 1. The van der Waals surface area contributed by atoms with Gasteiger partial charge in [0.1, 0.15) is 0 Å². The molecule has 1 fully saturated rings. The van der Waals surface area contributed by atoms with Crippen molar-refractivity contribution in [3.05, 3.63) is 12.2 Å². The summed E-state index contributed by atoms with van der Waals surface area (Å²) in [6.45, 7) is 2.62. The summed E-state index contributed by atoms with van der Waals surface area (Å²) < 4.78 is 0. The van der Waals surface area contributed by atoms with Crippen LogP contribution in [0.25, 0.3) is 0 Å². The van der Waals surface area contributed by atoms with Crippen molar-refractivity contribution in [3.63, 3.8) is 0 Å². The molecule has 0 saturated carbocycles. The molecule has 18 heavy (non-hydrogen) atoms. The van der Waals surface area contributed by atoms with Crippen LogP contribution in [0.15, 0.2) is 12.2 Å². The third-order valence-electron chi connectivity index (χ3n) is 3.96. The van der Waals surface area contributed by atoms with E-state index in [2.05, 4.69) is 0 Å². The Morgan fingerprint density at radius 2 is 2.28 bits per heavy atom. The Balaban J connectivity index is 1.99. The molecule has 0 aromatic carbocycles. The molecule has 1 heterocycles. The quantitative estimate of drug-likeness (QED) is 0.738. The van der Waals surface area contributed by atoms with Crippen molar-refractivity contribution in [1.82, 2.24) is 4.90 Å². The Kier molecular flexibility index (Phi) is 4.40. The lowest BCUT2D eigenvalue weighted by Crippen LogP contribution is -2.47. The van der Waals surface area contributed by atoms with Crippen LogP contribution < -0.4 is 5.73 Å². The number of nitrogens with two attached hydrogens (primary N) is 1. The molecule has 0 radical (unpaired) electrons. The van der Waals surface area contributed by atoms with Crippen LogP contribution in [-0.4, -0.2) is 40.6 Å². The maximum Gasteiger partial charge on any atom is 0.229 e. The van der Waals surface area contributed by atoms with Gasteiger partial charge < -0.3 is 15.7 Å². The predicted molar refractivity (Wildman–Crippen MR) is 70.9 cm³/mol. The number of piperidine rings is 1. The molecule has 3 N–H and O–H groups in total. The average Bonchev–Trinajstić information content (AvgIpc) is 2.75. The van der Waals surface area contributed by atoms with Gasteiger partial charge in [-0.05, 0) is 39.0 Å². The molecule has 0 aromatic heterocycles. The van der Waals surface area contributed by atoms with Crippen molar-refractivity contribution < 1.29 is 9.90 Å². The minimum absolute atomic E-state index is 0.0268. The van der Waals surface area contributed by atoms with Gasteiger partial charge in [0.15, 0.2) is 0 Å². The highest BCUT2D eigenvalue weighted by Crippen LogP contribution is 2.26. The maximum absolute atomic E-state index is 12.5. The molecule has 2 aliphatic rings. The van der Waals surface area contributed by atoms with Gasteiger partial charge in [-0.15, -0.1) is 0 Å². The molecule has 4 atom stereocenters. The molecule has 0 bridgehead atoms. The molecular weight excluding hydrogens is 228 g/mol. The second kappa shape index (κ2) is 5.85. The van der Waals surface area contributed by atoms with Gasteiger partial charge >= 0.3 is 0 Å². The lowest BCUT2D eigenvalue weighted by molar-refractivity contribution is -0.138. The zero-order chi connectivity index (χ0) is 13.1. The van der Waals surface area contributed by atoms with Gasteiger partial charge in [0.05, 0.1) is 12.0 Å². The summed E-state index contributed by atoms with van der Waals surface area (Å²) in [5.41, 5.74) is 5.81. The minimum atomic E-state index is -0.343. The summed E-state index contributed by atoms with van der Waals surface area (Å²) in [5, 5.41) is 9.54. The second-order valence-corrected chi connectivity index (χ2v) is 5.66. The van der Waals surface area contributed by atoms with Crippen LogP contribution in [0.2, 0.25) is 0 Å². The summed E-state index contributed by atoms with van der Waals surface area (Å²) in [5.74, 6) is 0.152. The van der Waals surface area contributed by atoms with Gasteiger partial charge in [-0.2, -0.15) is 0 Å². The number of aliphatic hydroxyl groups is 1. The highest BCUT2D eigenvalue weighted by atomic mass is 16.3. The first kappa shape index (κ1) is 13.6. The Bertz CT molecular complexity index is 328. The minimum Gasteiger partial charge on any atom is -0.393 e. The van der Waals surface area contributed by atoms with E-state index in [1.165, 1.54) is 0 Å². The van der Waals surface area contributed by atoms with E-state index in [0.29, 0.717) is 6.42 Å². The molecule has 1 amide bonds. The fourth-order valence-electron chi connectivity index (χ4n) is 3.05. The van der Waals surface area contributed by atoms with Crippen molar-refractivity contribution in [2.75, 3.05) is 6.54 Å². The average molecular weight is 252 g/mol. The monoisotopic (exact) mass is 252 g/mol. The molecular formula is C14H24N2O2. The van der Waals surface area contributed by atoms with E-state index in [-0.39, 0.29) is 30.0 Å². The van der Waals surface area contributed by atoms with Crippen LogP contribution in [0.5, 0.6) is 0 Å². The van der Waals surface area contributed by atoms with Gasteiger partial charge in [0.25, 0.3) is 0 Å². The molecule has 1 aliphatic carbocycles. The van der Waals surface area contributed by atoms with Crippen LogP contribution in [0, 0.1) is 5.92 Å². The summed E-state index contributed by atoms with van der Waals surface area (Å²) in [6.07, 6.45) is 8.19. The first-order valence-electron chi connectivity index (χ1n) is 7.00. The van der Waals surface area contributed by atoms with E-state index in [1.807, 2.05) is 17.1 Å². The van der Waals surface area contributed by atoms with Crippen LogP contribution in [0.1, 0.15) is 39.0 Å². The molecule has 4 heteroatoms. The molecule has 4 unspecified atom stereocenters. The normalized spacial score (nSPS) is 33.7. The summed E-state index contributed by atoms with van der Waals surface area (Å²) >= 11 is 0. The van der Waals surface area contributed by atoms with Crippen molar-refractivity contribution in [2.24, 2.45) is 11.7 Å². The highest BCUT2D eigenvalue weighted by molar-refractivity contribution is 5.81. The van der Waals surface area contributed by atoms with E-state index in [9.17, 15) is 9.90 Å². The molecule has 102 valence electrons. The number of hydrogen-bond acceptors (Lipinski definition) is 3. The number of likely N-dealkylation sites (tertiary alicyclic amines) is 1. The number of carbonyl (C=O) groups excluding carboxylic acids is 1. The van der Waals surface area contributed by atoms with Gasteiger partial charge in [0, 0.05) is 18.6 Å². The number of hydrogen-bond donors (Lipinski definition) is 2. The Morgan fingerprint density at radius 3 is 2.89 bits per heavy atom. The van der Waals surface area contributed by atoms with Crippen molar-refractivity contribution >= 4 is 5.91 Å². The molecule has 1 saturated heterocycles. The number of rotatable bonds is 3. The standard InChI is InChI=1S/C14H24N2O2/c1-10(17)8-13-4-2-3-7-16(13)14(18)11-5-6-12(15)9-11/h5-6,10-13,17H,2-4,7-9,15H2,1H3. The Hall–Kier alpha value is -0.870. The van der Waals surface area contributed by atoms with Crippen LogP contribution in [-0.2, 0) is 4.79 Å². The topological polar surface area (TPSA) is 66.6 Å². The first-order valence-corrected chi connectivity index (χ1v) is 7.00. The molecule has 0 spiro atoms. The maximum atomic E-state index is 12.5. The number of amides is 1. The van der Waals surface area contributed by atoms with Crippen LogP contribution in [0.3, 0.4) is 0 Å². The number of nitrogens with zero attached hydrogens (tertiary/aromatic N) is 1. The van der Waals surface area contributed by atoms with Crippen LogP contribution >= 0.6 is 0 Å². The Morgan fingerprint density at radius 1 is 1.50 bits per heavy atom. The fraction of sp³-hybridized carbons (Fsp3) is 0.786. The largest absolute Gasteiger partial charge is 0.393 e. The first-order chi connectivity index (χ1) is 8.58. The summed E-state index contributed by atoms with van der Waals surface area (Å²) in [4.78, 5) is 14.5. The van der Waals surface area contributed by atoms with Gasteiger partial charge in [-0.1, -0.05) is 12.2 Å².